The molecule has 36 heavy (non-hydrogen) atoms. The van der Waals surface area contributed by atoms with Crippen LogP contribution in [0.1, 0.15) is 54.6 Å². The van der Waals surface area contributed by atoms with E-state index in [1.807, 2.05) is 62.5 Å². The van der Waals surface area contributed by atoms with Crippen LogP contribution in [0.3, 0.4) is 0 Å². The number of aromatic nitrogens is 1. The highest BCUT2D eigenvalue weighted by molar-refractivity contribution is 6.30. The van der Waals surface area contributed by atoms with E-state index in [0.717, 1.165) is 76.8 Å². The predicted molar refractivity (Wildman–Crippen MR) is 143 cm³/mol. The molecule has 1 saturated heterocycles. The third-order valence-corrected chi connectivity index (χ3v) is 7.19. The molecular weight excluding hydrogens is 472 g/mol. The van der Waals surface area contributed by atoms with Gasteiger partial charge in [0.15, 0.2) is 0 Å². The van der Waals surface area contributed by atoms with Crippen LogP contribution < -0.4 is 4.74 Å². The van der Waals surface area contributed by atoms with Gasteiger partial charge in [0, 0.05) is 42.0 Å². The summed E-state index contributed by atoms with van der Waals surface area (Å²) in [5.41, 5.74) is 5.23. The molecule has 2 aliphatic rings. The molecule has 6 heteroatoms. The highest BCUT2D eigenvalue weighted by Gasteiger charge is 2.25. The van der Waals surface area contributed by atoms with Crippen molar-refractivity contribution in [1.29, 1.82) is 0 Å². The van der Waals surface area contributed by atoms with Gasteiger partial charge in [0.05, 0.1) is 24.0 Å². The summed E-state index contributed by atoms with van der Waals surface area (Å²) in [4.78, 5) is 7.05. The molecule has 1 N–H and O–H groups in total. The number of benzene rings is 2. The number of ether oxygens (including phenoxy) is 2. The number of hydrogen-bond acceptors (Lipinski definition) is 5. The highest BCUT2D eigenvalue weighted by atomic mass is 35.5. The van der Waals surface area contributed by atoms with Gasteiger partial charge in [-0.1, -0.05) is 41.9 Å². The molecule has 0 saturated carbocycles. The lowest BCUT2D eigenvalue weighted by atomic mass is 9.90. The second kappa shape index (κ2) is 10.7. The van der Waals surface area contributed by atoms with Crippen LogP contribution in [-0.4, -0.2) is 40.7 Å². The van der Waals surface area contributed by atoms with Crippen molar-refractivity contribution >= 4 is 17.2 Å². The summed E-state index contributed by atoms with van der Waals surface area (Å²) in [7, 11) is 0. The van der Waals surface area contributed by atoms with Gasteiger partial charge in [0.2, 0.25) is 0 Å². The Morgan fingerprint density at radius 1 is 1.17 bits per heavy atom. The second-order valence-corrected chi connectivity index (χ2v) is 10.5. The maximum atomic E-state index is 10.6. The van der Waals surface area contributed by atoms with Crippen LogP contribution in [-0.2, 0) is 23.6 Å². The van der Waals surface area contributed by atoms with Crippen LogP contribution in [0.15, 0.2) is 66.9 Å². The third kappa shape index (κ3) is 5.81. The van der Waals surface area contributed by atoms with Crippen LogP contribution >= 0.6 is 11.6 Å². The number of rotatable bonds is 7. The van der Waals surface area contributed by atoms with E-state index in [2.05, 4.69) is 28.1 Å². The van der Waals surface area contributed by atoms with Crippen molar-refractivity contribution in [1.82, 2.24) is 9.88 Å². The minimum atomic E-state index is -0.930. The molecule has 1 fully saturated rings. The minimum Gasteiger partial charge on any atom is -0.487 e. The first kappa shape index (κ1) is 25.0. The summed E-state index contributed by atoms with van der Waals surface area (Å²) >= 11 is 5.98. The van der Waals surface area contributed by atoms with E-state index in [-0.39, 0.29) is 6.10 Å². The summed E-state index contributed by atoms with van der Waals surface area (Å²) < 4.78 is 12.3. The maximum absolute atomic E-state index is 10.6. The minimum absolute atomic E-state index is 0.250. The van der Waals surface area contributed by atoms with E-state index in [9.17, 15) is 5.11 Å². The first-order chi connectivity index (χ1) is 17.4. The lowest BCUT2D eigenvalue weighted by molar-refractivity contribution is 0.0468. The number of fused-ring (bicyclic) bond motifs is 2. The summed E-state index contributed by atoms with van der Waals surface area (Å²) in [6.07, 6.45) is 6.30. The molecule has 1 aromatic heterocycles. The van der Waals surface area contributed by atoms with Crippen molar-refractivity contribution in [3.05, 3.63) is 99.8 Å². The van der Waals surface area contributed by atoms with Crippen LogP contribution in [0, 0.1) is 0 Å². The van der Waals surface area contributed by atoms with Crippen molar-refractivity contribution in [2.45, 2.75) is 51.6 Å². The summed E-state index contributed by atoms with van der Waals surface area (Å²) in [6.45, 7) is 7.60. The topological polar surface area (TPSA) is 54.8 Å². The molecule has 0 radical (unpaired) electrons. The molecule has 0 unspecified atom stereocenters. The van der Waals surface area contributed by atoms with Crippen LogP contribution in [0.25, 0.3) is 5.57 Å². The summed E-state index contributed by atoms with van der Waals surface area (Å²) in [5.74, 6) is 0.823. The van der Waals surface area contributed by atoms with Gasteiger partial charge in [-0.05, 0) is 73.7 Å². The van der Waals surface area contributed by atoms with Crippen molar-refractivity contribution in [2.75, 3.05) is 19.6 Å². The molecule has 0 spiro atoms. The van der Waals surface area contributed by atoms with Crippen molar-refractivity contribution in [3.63, 3.8) is 0 Å². The summed E-state index contributed by atoms with van der Waals surface area (Å²) in [5, 5.41) is 11.4. The van der Waals surface area contributed by atoms with E-state index in [4.69, 9.17) is 21.1 Å². The molecule has 5 nitrogen and oxygen atoms in total. The Labute approximate surface area is 218 Å². The van der Waals surface area contributed by atoms with E-state index in [1.165, 1.54) is 0 Å². The fourth-order valence-corrected chi connectivity index (χ4v) is 5.00. The van der Waals surface area contributed by atoms with Crippen LogP contribution in [0.4, 0.5) is 0 Å². The zero-order valence-corrected chi connectivity index (χ0v) is 21.7. The Balaban J connectivity index is 1.28. The molecule has 3 aromatic rings. The Morgan fingerprint density at radius 3 is 2.81 bits per heavy atom. The maximum Gasteiger partial charge on any atom is 0.131 e. The molecule has 5 rings (SSSR count). The zero-order valence-electron chi connectivity index (χ0n) is 20.9. The number of pyridine rings is 1. The van der Waals surface area contributed by atoms with E-state index in [1.54, 1.807) is 0 Å². The van der Waals surface area contributed by atoms with E-state index in [0.29, 0.717) is 13.2 Å². The number of halogens is 1. The first-order valence-electron chi connectivity index (χ1n) is 12.6. The lowest BCUT2D eigenvalue weighted by Crippen LogP contribution is -2.24. The number of aliphatic hydroxyl groups is 1. The Kier molecular flexibility index (Phi) is 7.44. The Bertz CT molecular complexity index is 1230. The quantitative estimate of drug-likeness (QED) is 0.429. The second-order valence-electron chi connectivity index (χ2n) is 10.1. The first-order valence-corrected chi connectivity index (χ1v) is 13.0. The summed E-state index contributed by atoms with van der Waals surface area (Å²) in [6, 6.07) is 17.9. The Morgan fingerprint density at radius 2 is 2.00 bits per heavy atom. The van der Waals surface area contributed by atoms with Gasteiger partial charge >= 0.3 is 0 Å². The number of likely N-dealkylation sites (tertiary alicyclic amines) is 1. The van der Waals surface area contributed by atoms with Gasteiger partial charge in [-0.2, -0.15) is 0 Å². The smallest absolute Gasteiger partial charge is 0.131 e. The fourth-order valence-electron chi connectivity index (χ4n) is 4.88. The molecule has 2 aromatic carbocycles. The van der Waals surface area contributed by atoms with Crippen molar-refractivity contribution < 1.29 is 14.6 Å². The van der Waals surface area contributed by atoms with E-state index >= 15 is 0 Å². The molecule has 0 amide bonds. The average molecular weight is 505 g/mol. The van der Waals surface area contributed by atoms with Crippen LogP contribution in [0.2, 0.25) is 5.02 Å². The SMILES string of the molecule is CC(C)(O)c1ccc2c(c1)C(=CCCN1CC[C@H](OCc3ccc(Cl)cc3)C1)c1cccnc1CO2. The fraction of sp³-hybridized carbons (Fsp3) is 0.367. The molecule has 0 bridgehead atoms. The van der Waals surface area contributed by atoms with Gasteiger partial charge in [0.1, 0.15) is 12.4 Å². The van der Waals surface area contributed by atoms with Gasteiger partial charge in [0.25, 0.3) is 0 Å². The van der Waals surface area contributed by atoms with Gasteiger partial charge in [-0.3, -0.25) is 4.98 Å². The monoisotopic (exact) mass is 504 g/mol. The zero-order chi connectivity index (χ0) is 25.1. The number of hydrogen-bond donors (Lipinski definition) is 1. The molecular formula is C30H33ClN2O3. The van der Waals surface area contributed by atoms with Crippen molar-refractivity contribution in [2.24, 2.45) is 0 Å². The highest BCUT2D eigenvalue weighted by Crippen LogP contribution is 2.38. The third-order valence-electron chi connectivity index (χ3n) is 6.94. The molecule has 0 aliphatic carbocycles. The van der Waals surface area contributed by atoms with Crippen molar-refractivity contribution in [3.8, 4) is 5.75 Å². The Hall–Kier alpha value is -2.70. The normalized spacial score (nSPS) is 19.0. The predicted octanol–water partition coefficient (Wildman–Crippen LogP) is 5.97. The van der Waals surface area contributed by atoms with Gasteiger partial charge in [-0.15, -0.1) is 0 Å². The van der Waals surface area contributed by atoms with Gasteiger partial charge in [-0.25, -0.2) is 0 Å². The number of nitrogens with zero attached hydrogens (tertiary/aromatic N) is 2. The molecule has 1 atom stereocenters. The van der Waals surface area contributed by atoms with E-state index < -0.39 is 5.60 Å². The lowest BCUT2D eigenvalue weighted by Gasteiger charge is -2.20. The van der Waals surface area contributed by atoms with Crippen LogP contribution in [0.5, 0.6) is 5.75 Å². The largest absolute Gasteiger partial charge is 0.487 e. The average Bonchev–Trinajstić information content (AvgIpc) is 3.26. The van der Waals surface area contributed by atoms with Gasteiger partial charge < -0.3 is 19.5 Å². The standard InChI is InChI=1S/C30H33ClN2O3/c1-30(2,34)22-9-12-29-27(17-22)25(26-5-3-14-32-28(26)20-36-29)6-4-15-33-16-13-24(18-33)35-19-21-7-10-23(31)11-8-21/h3,5-12,14,17,24,34H,4,13,15-16,18-20H2,1-2H3/t24-/m0/s1. The molecule has 3 heterocycles. The molecule has 2 aliphatic heterocycles. The molecule has 188 valence electrons.